The third-order valence-electron chi connectivity index (χ3n) is 17.3. The molecule has 0 radical (unpaired) electrons. The highest BCUT2D eigenvalue weighted by Crippen LogP contribution is 2.43. The van der Waals surface area contributed by atoms with Crippen molar-refractivity contribution in [2.24, 2.45) is 0 Å². The average Bonchev–Trinajstić information content (AvgIpc) is 3.69. The van der Waals surface area contributed by atoms with Crippen LogP contribution >= 0.6 is 7.82 Å². The van der Waals surface area contributed by atoms with Crippen LogP contribution in [0.3, 0.4) is 0 Å². The Morgan fingerprint density at radius 3 is 1.07 bits per heavy atom. The van der Waals surface area contributed by atoms with Gasteiger partial charge in [0.15, 0.2) is 0 Å². The van der Waals surface area contributed by atoms with Gasteiger partial charge in [-0.1, -0.05) is 347 Å². The van der Waals surface area contributed by atoms with Crippen molar-refractivity contribution in [2.75, 3.05) is 40.9 Å². The highest BCUT2D eigenvalue weighted by molar-refractivity contribution is 7.47. The zero-order chi connectivity index (χ0) is 62.8. The number of phosphoric acid groups is 1. The summed E-state index contributed by atoms with van der Waals surface area (Å²) in [7, 11) is 1.51. The Labute approximate surface area is 536 Å². The highest BCUT2D eigenvalue weighted by Gasteiger charge is 2.30. The van der Waals surface area contributed by atoms with Gasteiger partial charge in [-0.15, -0.1) is 0 Å². The van der Waals surface area contributed by atoms with Gasteiger partial charge in [0.25, 0.3) is 0 Å². The van der Waals surface area contributed by atoms with Gasteiger partial charge in [-0.05, 0) is 63.9 Å². The van der Waals surface area contributed by atoms with Gasteiger partial charge in [0.2, 0.25) is 5.91 Å². The lowest BCUT2D eigenvalue weighted by atomic mass is 10.0. The molecular formula is C76H148N2O7P+. The van der Waals surface area contributed by atoms with E-state index >= 15 is 0 Å². The van der Waals surface area contributed by atoms with Gasteiger partial charge in [0.1, 0.15) is 19.3 Å². The normalized spacial score (nSPS) is 13.6. The molecule has 10 heteroatoms. The van der Waals surface area contributed by atoms with Crippen LogP contribution in [0.4, 0.5) is 0 Å². The smallest absolute Gasteiger partial charge is 0.456 e. The number of quaternary nitrogens is 1. The van der Waals surface area contributed by atoms with E-state index in [-0.39, 0.29) is 25.1 Å². The van der Waals surface area contributed by atoms with Crippen LogP contribution < -0.4 is 5.32 Å². The van der Waals surface area contributed by atoms with Crippen molar-refractivity contribution in [3.63, 3.8) is 0 Å². The summed E-state index contributed by atoms with van der Waals surface area (Å²) in [5, 5.41) is 3.08. The van der Waals surface area contributed by atoms with Crippen molar-refractivity contribution < 1.29 is 37.3 Å². The van der Waals surface area contributed by atoms with E-state index in [2.05, 4.69) is 56.5 Å². The van der Waals surface area contributed by atoms with Crippen molar-refractivity contribution in [1.29, 1.82) is 0 Å². The lowest BCUT2D eigenvalue weighted by Crippen LogP contribution is -2.47. The maximum atomic E-state index is 13.6. The highest BCUT2D eigenvalue weighted by atomic mass is 31.2. The first-order chi connectivity index (χ1) is 41.9. The number of amides is 1. The molecule has 0 spiro atoms. The van der Waals surface area contributed by atoms with Crippen LogP contribution in [0.15, 0.2) is 36.5 Å². The fraction of sp³-hybridized carbons (Fsp3) is 0.895. The Morgan fingerprint density at radius 2 is 0.709 bits per heavy atom. The van der Waals surface area contributed by atoms with E-state index in [1.165, 1.54) is 289 Å². The molecule has 0 aromatic carbocycles. The number of hydrogen-bond acceptors (Lipinski definition) is 6. The molecule has 0 heterocycles. The van der Waals surface area contributed by atoms with Gasteiger partial charge in [-0.2, -0.15) is 0 Å². The minimum atomic E-state index is -4.45. The van der Waals surface area contributed by atoms with E-state index in [0.717, 1.165) is 64.2 Å². The van der Waals surface area contributed by atoms with E-state index in [4.69, 9.17) is 13.8 Å². The molecule has 0 saturated carbocycles. The van der Waals surface area contributed by atoms with Crippen molar-refractivity contribution in [2.45, 2.75) is 399 Å². The predicted molar refractivity (Wildman–Crippen MR) is 374 cm³/mol. The average molecular weight is 1230 g/mol. The van der Waals surface area contributed by atoms with Crippen molar-refractivity contribution in [3.05, 3.63) is 36.5 Å². The van der Waals surface area contributed by atoms with Crippen molar-refractivity contribution in [3.8, 4) is 0 Å². The van der Waals surface area contributed by atoms with Crippen LogP contribution in [0.2, 0.25) is 0 Å². The molecule has 0 bridgehead atoms. The number of phosphoric ester groups is 1. The van der Waals surface area contributed by atoms with Gasteiger partial charge >= 0.3 is 13.8 Å². The lowest BCUT2D eigenvalue weighted by molar-refractivity contribution is -0.870. The first kappa shape index (κ1) is 84.2. The van der Waals surface area contributed by atoms with Crippen LogP contribution in [-0.4, -0.2) is 74.3 Å². The summed E-state index contributed by atoms with van der Waals surface area (Å²) < 4.78 is 30.9. The number of carbonyl (C=O) groups is 2. The first-order valence-electron chi connectivity index (χ1n) is 37.8. The molecule has 0 aliphatic rings. The molecule has 3 atom stereocenters. The second kappa shape index (κ2) is 66.2. The molecule has 9 nitrogen and oxygen atoms in total. The largest absolute Gasteiger partial charge is 0.472 e. The molecule has 0 aliphatic carbocycles. The zero-order valence-corrected chi connectivity index (χ0v) is 59.2. The monoisotopic (exact) mass is 1230 g/mol. The number of nitrogens with zero attached hydrogens (tertiary/aromatic N) is 1. The van der Waals surface area contributed by atoms with Gasteiger partial charge in [0.05, 0.1) is 33.8 Å². The second-order valence-electron chi connectivity index (χ2n) is 27.2. The fourth-order valence-corrected chi connectivity index (χ4v) is 12.2. The van der Waals surface area contributed by atoms with Crippen LogP contribution in [0.1, 0.15) is 387 Å². The SMILES string of the molecule is CCCCC/C=C\C/C=C\CCCCCCCCCCCCCC(=O)OC(/C=C/CCCCCCCCCCCC)C(COP(=O)(O)OCC[N+](C)(C)C)NC(=O)CCCCCCCCCCCCCCCCCCCCCCCCCCCCC. The van der Waals surface area contributed by atoms with Gasteiger partial charge in [0, 0.05) is 12.8 Å². The van der Waals surface area contributed by atoms with Crippen LogP contribution in [0, 0.1) is 0 Å². The molecule has 0 saturated heterocycles. The van der Waals surface area contributed by atoms with Crippen molar-refractivity contribution >= 4 is 19.7 Å². The van der Waals surface area contributed by atoms with Gasteiger partial charge in [-0.3, -0.25) is 18.6 Å². The number of carbonyl (C=O) groups excluding carboxylic acids is 2. The first-order valence-corrected chi connectivity index (χ1v) is 39.3. The Morgan fingerprint density at radius 1 is 0.407 bits per heavy atom. The summed E-state index contributed by atoms with van der Waals surface area (Å²) in [6.07, 6.45) is 83.1. The molecule has 2 N–H and O–H groups in total. The quantitative estimate of drug-likeness (QED) is 0.0205. The number of esters is 1. The number of ether oxygens (including phenoxy) is 1. The van der Waals surface area contributed by atoms with Crippen LogP contribution in [-0.2, 0) is 27.9 Å². The third kappa shape index (κ3) is 66.6. The Kier molecular flexibility index (Phi) is 64.8. The fourth-order valence-electron chi connectivity index (χ4n) is 11.5. The molecular weight excluding hydrogens is 1080 g/mol. The van der Waals surface area contributed by atoms with E-state index in [1.54, 1.807) is 0 Å². The minimum absolute atomic E-state index is 0.0430. The number of nitrogens with one attached hydrogen (secondary N) is 1. The van der Waals surface area contributed by atoms with Gasteiger partial charge in [-0.25, -0.2) is 4.57 Å². The number of rotatable bonds is 70. The van der Waals surface area contributed by atoms with E-state index < -0.39 is 20.0 Å². The van der Waals surface area contributed by atoms with E-state index in [1.807, 2.05) is 27.2 Å². The second-order valence-corrected chi connectivity index (χ2v) is 28.6. The lowest BCUT2D eigenvalue weighted by Gasteiger charge is -2.27. The summed E-state index contributed by atoms with van der Waals surface area (Å²) in [4.78, 5) is 38.0. The summed E-state index contributed by atoms with van der Waals surface area (Å²) in [6.45, 7) is 7.06. The number of unbranched alkanes of at least 4 members (excludes halogenated alkanes) is 50. The Hall–Kier alpha value is -1.77. The molecule has 3 unspecified atom stereocenters. The zero-order valence-electron chi connectivity index (χ0n) is 58.3. The molecule has 0 rings (SSSR count). The standard InChI is InChI=1S/C76H147N2O7P/c1-7-10-13-16-19-22-25-28-30-32-34-36-37-38-39-40-41-43-44-46-48-50-53-56-59-62-65-68-75(79)77-73(72-84-86(81,82)83-71-70-78(4,5)6)74(67-64-61-58-55-52-27-24-21-18-15-12-9-3)85-76(80)69-66-63-60-57-54-51-49-47-45-42-35-33-31-29-26-23-20-17-14-11-8-2/h20,23,29,31,64,67,73-74H,7-19,21-22,24-28,30,32-63,65-66,68-72H2,1-6H3,(H-,77,79,81,82)/p+1/b23-20-,31-29-,67-64+. The van der Waals surface area contributed by atoms with E-state index in [9.17, 15) is 19.0 Å². The third-order valence-corrected chi connectivity index (χ3v) is 18.3. The maximum absolute atomic E-state index is 13.6. The Balaban J connectivity index is 4.94. The van der Waals surface area contributed by atoms with Crippen LogP contribution in [0.25, 0.3) is 0 Å². The number of allylic oxidation sites excluding steroid dienone is 5. The molecule has 1 amide bonds. The summed E-state index contributed by atoms with van der Waals surface area (Å²) >= 11 is 0. The molecule has 0 fully saturated rings. The number of hydrogen-bond donors (Lipinski definition) is 2. The molecule has 86 heavy (non-hydrogen) atoms. The maximum Gasteiger partial charge on any atom is 0.472 e. The minimum Gasteiger partial charge on any atom is -0.456 e. The molecule has 0 aromatic rings. The summed E-state index contributed by atoms with van der Waals surface area (Å²) in [6, 6.07) is -0.846. The predicted octanol–water partition coefficient (Wildman–Crippen LogP) is 24.2. The molecule has 0 aromatic heterocycles. The van der Waals surface area contributed by atoms with Crippen LogP contribution in [0.5, 0.6) is 0 Å². The number of likely N-dealkylation sites (N-methyl/N-ethyl adjacent to an activating group) is 1. The summed E-state index contributed by atoms with van der Waals surface area (Å²) in [5.74, 6) is -0.485. The molecule has 0 aliphatic heterocycles. The topological polar surface area (TPSA) is 111 Å². The van der Waals surface area contributed by atoms with Crippen molar-refractivity contribution in [1.82, 2.24) is 5.32 Å². The summed E-state index contributed by atoms with van der Waals surface area (Å²) in [5.41, 5.74) is 0. The molecule has 508 valence electrons. The van der Waals surface area contributed by atoms with Gasteiger partial charge < -0.3 is 19.4 Å². The Bertz CT molecular complexity index is 1560. The van der Waals surface area contributed by atoms with E-state index in [0.29, 0.717) is 23.9 Å².